The molecule has 0 fully saturated rings. The molecule has 17 heavy (non-hydrogen) atoms. The summed E-state index contributed by atoms with van der Waals surface area (Å²) in [5.41, 5.74) is 3.31. The molecule has 0 aromatic carbocycles. The van der Waals surface area contributed by atoms with Crippen LogP contribution in [0.3, 0.4) is 0 Å². The number of hydrogen-bond donors (Lipinski definition) is 2. The first-order valence-electron chi connectivity index (χ1n) is 5.37. The minimum atomic E-state index is -0.0643. The quantitative estimate of drug-likeness (QED) is 0.841. The molecular formula is C12H14N4O. The van der Waals surface area contributed by atoms with Crippen molar-refractivity contribution in [3.8, 4) is 0 Å². The zero-order valence-electron chi connectivity index (χ0n) is 9.82. The Kier molecular flexibility index (Phi) is 3.18. The summed E-state index contributed by atoms with van der Waals surface area (Å²) < 4.78 is 0. The molecule has 88 valence electrons. The van der Waals surface area contributed by atoms with Crippen LogP contribution < -0.4 is 5.32 Å². The molecule has 0 aliphatic rings. The maximum Gasteiger partial charge on any atom is 0.228 e. The number of nitrogens with zero attached hydrogens (tertiary/aromatic N) is 2. The van der Waals surface area contributed by atoms with Crippen LogP contribution in [0.2, 0.25) is 0 Å². The monoisotopic (exact) mass is 230 g/mol. The summed E-state index contributed by atoms with van der Waals surface area (Å²) in [5.74, 6) is -0.0643. The topological polar surface area (TPSA) is 70.7 Å². The smallest absolute Gasteiger partial charge is 0.228 e. The fraction of sp³-hybridized carbons (Fsp3) is 0.250. The molecule has 0 aliphatic heterocycles. The first-order chi connectivity index (χ1) is 8.16. The van der Waals surface area contributed by atoms with E-state index >= 15 is 0 Å². The van der Waals surface area contributed by atoms with Gasteiger partial charge < -0.3 is 5.32 Å². The Morgan fingerprint density at radius 3 is 2.88 bits per heavy atom. The van der Waals surface area contributed by atoms with Crippen LogP contribution in [-0.2, 0) is 11.2 Å². The Labute approximate surface area is 99.3 Å². The van der Waals surface area contributed by atoms with E-state index in [-0.39, 0.29) is 5.91 Å². The molecule has 0 aliphatic carbocycles. The molecule has 0 saturated heterocycles. The van der Waals surface area contributed by atoms with Gasteiger partial charge in [-0.2, -0.15) is 5.10 Å². The molecule has 1 amide bonds. The van der Waals surface area contributed by atoms with Crippen LogP contribution >= 0.6 is 0 Å². The van der Waals surface area contributed by atoms with E-state index in [9.17, 15) is 4.79 Å². The van der Waals surface area contributed by atoms with Crippen molar-refractivity contribution in [1.29, 1.82) is 0 Å². The predicted octanol–water partition coefficient (Wildman–Crippen LogP) is 1.60. The first-order valence-corrected chi connectivity index (χ1v) is 5.37. The number of aromatic nitrogens is 3. The number of aryl methyl sites for hydroxylation is 2. The van der Waals surface area contributed by atoms with E-state index in [1.165, 1.54) is 0 Å². The number of hydrogen-bond acceptors (Lipinski definition) is 3. The maximum atomic E-state index is 11.8. The van der Waals surface area contributed by atoms with Crippen molar-refractivity contribution in [2.45, 2.75) is 20.3 Å². The minimum absolute atomic E-state index is 0.0643. The van der Waals surface area contributed by atoms with E-state index in [2.05, 4.69) is 20.5 Å². The van der Waals surface area contributed by atoms with E-state index in [4.69, 9.17) is 0 Å². The Hall–Kier alpha value is -2.17. The number of amides is 1. The van der Waals surface area contributed by atoms with Crippen LogP contribution in [0, 0.1) is 13.8 Å². The number of carbonyl (C=O) groups is 1. The summed E-state index contributed by atoms with van der Waals surface area (Å²) in [6.07, 6.45) is 3.69. The van der Waals surface area contributed by atoms with E-state index in [0.717, 1.165) is 22.6 Å². The van der Waals surface area contributed by atoms with E-state index in [1.807, 2.05) is 26.0 Å². The van der Waals surface area contributed by atoms with Gasteiger partial charge in [-0.25, -0.2) is 0 Å². The van der Waals surface area contributed by atoms with Gasteiger partial charge in [0.15, 0.2) is 0 Å². The summed E-state index contributed by atoms with van der Waals surface area (Å²) in [6, 6.07) is 3.69. The van der Waals surface area contributed by atoms with Gasteiger partial charge in [0, 0.05) is 12.4 Å². The van der Waals surface area contributed by atoms with E-state index in [1.54, 1.807) is 12.4 Å². The minimum Gasteiger partial charge on any atom is -0.323 e. The van der Waals surface area contributed by atoms with Crippen molar-refractivity contribution >= 4 is 11.6 Å². The van der Waals surface area contributed by atoms with Gasteiger partial charge in [0.05, 0.1) is 23.5 Å². The van der Waals surface area contributed by atoms with Crippen LogP contribution in [0.15, 0.2) is 24.5 Å². The molecule has 2 rings (SSSR count). The molecular weight excluding hydrogens is 216 g/mol. The lowest BCUT2D eigenvalue weighted by Gasteiger charge is -2.04. The zero-order chi connectivity index (χ0) is 12.3. The number of carbonyl (C=O) groups excluding carboxylic acids is 1. The van der Waals surface area contributed by atoms with Gasteiger partial charge in [0.1, 0.15) is 0 Å². The van der Waals surface area contributed by atoms with Crippen molar-refractivity contribution < 1.29 is 4.79 Å². The Balaban J connectivity index is 2.03. The van der Waals surface area contributed by atoms with Crippen molar-refractivity contribution in [1.82, 2.24) is 15.2 Å². The third-order valence-corrected chi connectivity index (χ3v) is 2.48. The van der Waals surface area contributed by atoms with Crippen molar-refractivity contribution in [2.24, 2.45) is 0 Å². The molecule has 0 bridgehead atoms. The summed E-state index contributed by atoms with van der Waals surface area (Å²) in [4.78, 5) is 15.8. The maximum absolute atomic E-state index is 11.8. The van der Waals surface area contributed by atoms with Crippen molar-refractivity contribution in [2.75, 3.05) is 5.32 Å². The second-order valence-corrected chi connectivity index (χ2v) is 3.90. The number of H-pyrrole nitrogens is 1. The highest BCUT2D eigenvalue weighted by molar-refractivity contribution is 5.93. The second kappa shape index (κ2) is 4.78. The molecule has 0 atom stereocenters. The summed E-state index contributed by atoms with van der Waals surface area (Å²) in [5, 5.41) is 9.70. The fourth-order valence-corrected chi connectivity index (χ4v) is 1.61. The SMILES string of the molecule is Cc1n[nH]c(C)c1NC(=O)Cc1cccnc1. The Bertz CT molecular complexity index is 499. The van der Waals surface area contributed by atoms with Gasteiger partial charge >= 0.3 is 0 Å². The average molecular weight is 230 g/mol. The number of aromatic amines is 1. The lowest BCUT2D eigenvalue weighted by atomic mass is 10.2. The highest BCUT2D eigenvalue weighted by atomic mass is 16.1. The third kappa shape index (κ3) is 2.69. The second-order valence-electron chi connectivity index (χ2n) is 3.90. The molecule has 2 aromatic heterocycles. The third-order valence-electron chi connectivity index (χ3n) is 2.48. The summed E-state index contributed by atoms with van der Waals surface area (Å²) >= 11 is 0. The van der Waals surface area contributed by atoms with Crippen LogP contribution in [0.25, 0.3) is 0 Å². The number of rotatable bonds is 3. The predicted molar refractivity (Wildman–Crippen MR) is 64.6 cm³/mol. The highest BCUT2D eigenvalue weighted by Crippen LogP contribution is 2.16. The summed E-state index contributed by atoms with van der Waals surface area (Å²) in [6.45, 7) is 3.73. The number of nitrogens with one attached hydrogen (secondary N) is 2. The normalized spacial score (nSPS) is 10.2. The van der Waals surface area contributed by atoms with Gasteiger partial charge in [-0.1, -0.05) is 6.07 Å². The first kappa shape index (κ1) is 11.3. The average Bonchev–Trinajstić information content (AvgIpc) is 2.62. The Morgan fingerprint density at radius 2 is 2.29 bits per heavy atom. The van der Waals surface area contributed by atoms with Crippen LogP contribution in [0.1, 0.15) is 17.0 Å². The van der Waals surface area contributed by atoms with Crippen molar-refractivity contribution in [3.05, 3.63) is 41.5 Å². The molecule has 5 heteroatoms. The molecule has 2 heterocycles. The van der Waals surface area contributed by atoms with E-state index < -0.39 is 0 Å². The molecule has 0 spiro atoms. The highest BCUT2D eigenvalue weighted by Gasteiger charge is 2.10. The zero-order valence-corrected chi connectivity index (χ0v) is 9.82. The van der Waals surface area contributed by atoms with Gasteiger partial charge in [0.2, 0.25) is 5.91 Å². The molecule has 0 unspecified atom stereocenters. The molecule has 2 N–H and O–H groups in total. The largest absolute Gasteiger partial charge is 0.323 e. The number of pyridine rings is 1. The lowest BCUT2D eigenvalue weighted by molar-refractivity contribution is -0.115. The van der Waals surface area contributed by atoms with Crippen LogP contribution in [0.4, 0.5) is 5.69 Å². The van der Waals surface area contributed by atoms with Gasteiger partial charge in [-0.15, -0.1) is 0 Å². The summed E-state index contributed by atoms with van der Waals surface area (Å²) in [7, 11) is 0. The fourth-order valence-electron chi connectivity index (χ4n) is 1.61. The van der Waals surface area contributed by atoms with Crippen molar-refractivity contribution in [3.63, 3.8) is 0 Å². The molecule has 2 aromatic rings. The lowest BCUT2D eigenvalue weighted by Crippen LogP contribution is -2.15. The standard InChI is InChI=1S/C12H14N4O/c1-8-12(9(2)16-15-8)14-11(17)6-10-4-3-5-13-7-10/h3-5,7H,6H2,1-2H3,(H,14,17)(H,15,16). The van der Waals surface area contributed by atoms with Gasteiger partial charge in [-0.3, -0.25) is 14.9 Å². The Morgan fingerprint density at radius 1 is 1.47 bits per heavy atom. The van der Waals surface area contributed by atoms with Gasteiger partial charge in [0.25, 0.3) is 0 Å². The van der Waals surface area contributed by atoms with Crippen LogP contribution in [-0.4, -0.2) is 21.1 Å². The van der Waals surface area contributed by atoms with E-state index in [0.29, 0.717) is 6.42 Å². The van der Waals surface area contributed by atoms with Gasteiger partial charge in [-0.05, 0) is 25.5 Å². The molecule has 0 radical (unpaired) electrons. The molecule has 0 saturated carbocycles. The number of anilines is 1. The van der Waals surface area contributed by atoms with Crippen LogP contribution in [0.5, 0.6) is 0 Å². The molecule has 5 nitrogen and oxygen atoms in total.